The number of hydrogen-bond donors (Lipinski definition) is 0. The average Bonchev–Trinajstić information content (AvgIpc) is 2.36. The van der Waals surface area contributed by atoms with E-state index in [1.54, 1.807) is 13.8 Å². The maximum atomic E-state index is 11.9. The van der Waals surface area contributed by atoms with Crippen LogP contribution in [0.25, 0.3) is 0 Å². The number of nitro groups is 1. The third-order valence-electron chi connectivity index (χ3n) is 2.60. The molecule has 21 heavy (non-hydrogen) atoms. The number of nitrogens with zero attached hydrogens (tertiary/aromatic N) is 1. The molecule has 0 bridgehead atoms. The molecule has 0 aliphatic heterocycles. The summed E-state index contributed by atoms with van der Waals surface area (Å²) in [5.74, 6) is -0.898. The predicted molar refractivity (Wildman–Crippen MR) is 76.3 cm³/mol. The summed E-state index contributed by atoms with van der Waals surface area (Å²) < 4.78 is 27.8. The number of benzene rings is 1. The molecule has 0 saturated carbocycles. The Morgan fingerprint density at radius 1 is 1.48 bits per heavy atom. The second-order valence-electron chi connectivity index (χ2n) is 4.13. The van der Waals surface area contributed by atoms with Crippen LogP contribution >= 0.6 is 22.3 Å². The van der Waals surface area contributed by atoms with Crippen LogP contribution in [0.5, 0.6) is 0 Å². The Balaban J connectivity index is 3.45. The number of carbonyl (C=O) groups excluding carboxylic acids is 1. The molecule has 0 spiro atoms. The van der Waals surface area contributed by atoms with Crippen LogP contribution in [0.15, 0.2) is 17.0 Å². The van der Waals surface area contributed by atoms with Gasteiger partial charge >= 0.3 is 5.97 Å². The van der Waals surface area contributed by atoms with Crippen LogP contribution in [0.3, 0.4) is 0 Å². The first-order valence-electron chi connectivity index (χ1n) is 5.71. The Kier molecular flexibility index (Phi) is 5.54. The van der Waals surface area contributed by atoms with Crippen LogP contribution in [-0.4, -0.2) is 25.4 Å². The number of ether oxygens (including phenoxy) is 1. The van der Waals surface area contributed by atoms with Gasteiger partial charge in [0.15, 0.2) is 0 Å². The second kappa shape index (κ2) is 6.59. The lowest BCUT2D eigenvalue weighted by molar-refractivity contribution is -0.384. The van der Waals surface area contributed by atoms with Crippen molar-refractivity contribution in [3.63, 3.8) is 0 Å². The van der Waals surface area contributed by atoms with E-state index in [1.807, 2.05) is 0 Å². The maximum Gasteiger partial charge on any atom is 0.338 e. The molecule has 0 amide bonds. The Hall–Kier alpha value is -1.38. The fourth-order valence-electron chi connectivity index (χ4n) is 1.35. The second-order valence-corrected chi connectivity index (χ2v) is 7.04. The van der Waals surface area contributed by atoms with Crippen molar-refractivity contribution >= 4 is 43.0 Å². The summed E-state index contributed by atoms with van der Waals surface area (Å²) >= 11 is 5.64. The van der Waals surface area contributed by atoms with Crippen molar-refractivity contribution < 1.29 is 22.9 Å². The molecule has 0 heterocycles. The topological polar surface area (TPSA) is 104 Å². The molecule has 0 fully saturated rings. The number of esters is 1. The van der Waals surface area contributed by atoms with Crippen molar-refractivity contribution in [2.75, 3.05) is 0 Å². The third-order valence-corrected chi connectivity index (χ3v) is 4.45. The SMILES string of the molecule is CCC(C)OC(=O)c1cc([N+](=O)[O-])c(Cl)c(S(=O)(=O)Cl)c1. The van der Waals surface area contributed by atoms with Gasteiger partial charge in [0.1, 0.15) is 9.92 Å². The predicted octanol–water partition coefficient (Wildman–Crippen LogP) is 3.13. The molecule has 0 aliphatic rings. The van der Waals surface area contributed by atoms with Crippen LogP contribution in [0.2, 0.25) is 5.02 Å². The Morgan fingerprint density at radius 3 is 2.48 bits per heavy atom. The first-order chi connectivity index (χ1) is 9.57. The van der Waals surface area contributed by atoms with Crippen LogP contribution in [0.4, 0.5) is 5.69 Å². The van der Waals surface area contributed by atoms with Gasteiger partial charge < -0.3 is 4.74 Å². The van der Waals surface area contributed by atoms with E-state index in [9.17, 15) is 23.3 Å². The summed E-state index contributed by atoms with van der Waals surface area (Å²) in [6.07, 6.45) is 0.102. The molecule has 1 atom stereocenters. The van der Waals surface area contributed by atoms with Crippen molar-refractivity contribution in [1.82, 2.24) is 0 Å². The molecule has 116 valence electrons. The van der Waals surface area contributed by atoms with Crippen molar-refractivity contribution in [3.05, 3.63) is 32.8 Å². The summed E-state index contributed by atoms with van der Waals surface area (Å²) in [4.78, 5) is 21.1. The number of carbonyl (C=O) groups is 1. The summed E-state index contributed by atoms with van der Waals surface area (Å²) in [7, 11) is 0.812. The summed E-state index contributed by atoms with van der Waals surface area (Å²) in [6.45, 7) is 3.40. The summed E-state index contributed by atoms with van der Waals surface area (Å²) in [5, 5.41) is 10.2. The zero-order chi connectivity index (χ0) is 16.4. The summed E-state index contributed by atoms with van der Waals surface area (Å²) in [5.41, 5.74) is -1.06. The minimum atomic E-state index is -4.35. The molecule has 10 heteroatoms. The summed E-state index contributed by atoms with van der Waals surface area (Å²) in [6, 6.07) is 1.70. The van der Waals surface area contributed by atoms with Crippen molar-refractivity contribution in [2.24, 2.45) is 0 Å². The van der Waals surface area contributed by atoms with Crippen LogP contribution in [0, 0.1) is 10.1 Å². The van der Waals surface area contributed by atoms with Gasteiger partial charge in [0, 0.05) is 16.7 Å². The molecule has 0 radical (unpaired) electrons. The maximum absolute atomic E-state index is 11.9. The highest BCUT2D eigenvalue weighted by molar-refractivity contribution is 8.13. The standard InChI is InChI=1S/C11H11Cl2NO6S/c1-3-6(2)20-11(15)7-4-8(14(16)17)10(12)9(5-7)21(13,18)19/h4-6H,3H2,1-2H3. The van der Waals surface area contributed by atoms with Gasteiger partial charge in [-0.05, 0) is 19.4 Å². The van der Waals surface area contributed by atoms with Gasteiger partial charge in [0.25, 0.3) is 14.7 Å². The molecule has 1 unspecified atom stereocenters. The van der Waals surface area contributed by atoms with E-state index in [0.29, 0.717) is 6.42 Å². The Morgan fingerprint density at radius 2 is 2.05 bits per heavy atom. The lowest BCUT2D eigenvalue weighted by Crippen LogP contribution is -2.15. The quantitative estimate of drug-likeness (QED) is 0.347. The van der Waals surface area contributed by atoms with Gasteiger partial charge in [0.2, 0.25) is 0 Å². The van der Waals surface area contributed by atoms with Gasteiger partial charge in [-0.1, -0.05) is 18.5 Å². The highest BCUT2D eigenvalue weighted by Gasteiger charge is 2.27. The highest BCUT2D eigenvalue weighted by Crippen LogP contribution is 2.34. The molecular formula is C11H11Cl2NO6S. The largest absolute Gasteiger partial charge is 0.459 e. The van der Waals surface area contributed by atoms with E-state index >= 15 is 0 Å². The molecular weight excluding hydrogens is 345 g/mol. The van der Waals surface area contributed by atoms with Crippen molar-refractivity contribution in [2.45, 2.75) is 31.3 Å². The van der Waals surface area contributed by atoms with Crippen LogP contribution < -0.4 is 0 Å². The highest BCUT2D eigenvalue weighted by atomic mass is 35.7. The number of rotatable bonds is 5. The normalized spacial score (nSPS) is 12.8. The number of nitro benzene ring substituents is 1. The van der Waals surface area contributed by atoms with Crippen LogP contribution in [-0.2, 0) is 13.8 Å². The number of hydrogen-bond acceptors (Lipinski definition) is 6. The molecule has 0 N–H and O–H groups in total. The third kappa shape index (κ3) is 4.29. The first kappa shape index (κ1) is 17.7. The van der Waals surface area contributed by atoms with Gasteiger partial charge in [-0.3, -0.25) is 10.1 Å². The van der Waals surface area contributed by atoms with E-state index < -0.39 is 41.7 Å². The monoisotopic (exact) mass is 355 g/mol. The fourth-order valence-corrected chi connectivity index (χ4v) is 2.90. The van der Waals surface area contributed by atoms with Gasteiger partial charge in [-0.2, -0.15) is 0 Å². The Bertz CT molecular complexity index is 688. The van der Waals surface area contributed by atoms with Gasteiger partial charge in [-0.15, -0.1) is 0 Å². The molecule has 0 aromatic heterocycles. The van der Waals surface area contributed by atoms with Gasteiger partial charge in [0.05, 0.1) is 16.6 Å². The molecule has 1 aromatic rings. The van der Waals surface area contributed by atoms with Crippen LogP contribution in [0.1, 0.15) is 30.6 Å². The van der Waals surface area contributed by atoms with E-state index in [1.165, 1.54) is 0 Å². The zero-order valence-corrected chi connectivity index (χ0v) is 13.3. The zero-order valence-electron chi connectivity index (χ0n) is 11.0. The molecule has 1 rings (SSSR count). The lowest BCUT2D eigenvalue weighted by Gasteiger charge is -2.11. The fraction of sp³-hybridized carbons (Fsp3) is 0.364. The minimum absolute atomic E-state index is 0.314. The lowest BCUT2D eigenvalue weighted by atomic mass is 10.2. The minimum Gasteiger partial charge on any atom is -0.459 e. The number of halogens is 2. The Labute approximate surface area is 130 Å². The van der Waals surface area contributed by atoms with Crippen molar-refractivity contribution in [1.29, 1.82) is 0 Å². The van der Waals surface area contributed by atoms with E-state index in [4.69, 9.17) is 27.0 Å². The van der Waals surface area contributed by atoms with Crippen molar-refractivity contribution in [3.8, 4) is 0 Å². The average molecular weight is 356 g/mol. The van der Waals surface area contributed by atoms with E-state index in [0.717, 1.165) is 12.1 Å². The molecule has 0 saturated heterocycles. The van der Waals surface area contributed by atoms with E-state index in [-0.39, 0.29) is 5.56 Å². The van der Waals surface area contributed by atoms with E-state index in [2.05, 4.69) is 0 Å². The van der Waals surface area contributed by atoms with Gasteiger partial charge in [-0.25, -0.2) is 13.2 Å². The molecule has 7 nitrogen and oxygen atoms in total. The smallest absolute Gasteiger partial charge is 0.338 e. The molecule has 0 aliphatic carbocycles. The molecule has 1 aromatic carbocycles. The first-order valence-corrected chi connectivity index (χ1v) is 8.40.